The van der Waals surface area contributed by atoms with Gasteiger partial charge in [0.15, 0.2) is 0 Å². The molecule has 8 nitrogen and oxygen atoms in total. The van der Waals surface area contributed by atoms with E-state index in [2.05, 4.69) is 20.8 Å². The maximum Gasteiger partial charge on any atom is 0.251 e. The van der Waals surface area contributed by atoms with Crippen molar-refractivity contribution in [2.45, 2.75) is 19.3 Å². The molecule has 0 aliphatic carbocycles. The molecule has 2 amide bonds. The second-order valence-corrected chi connectivity index (χ2v) is 5.40. The van der Waals surface area contributed by atoms with E-state index in [1.165, 1.54) is 11.0 Å². The number of hydrogen-bond acceptors (Lipinski definition) is 5. The molecule has 0 radical (unpaired) electrons. The highest BCUT2D eigenvalue weighted by molar-refractivity contribution is 5.94. The summed E-state index contributed by atoms with van der Waals surface area (Å²) >= 11 is 0. The van der Waals surface area contributed by atoms with Gasteiger partial charge in [-0.1, -0.05) is 6.07 Å². The van der Waals surface area contributed by atoms with Crippen LogP contribution in [0.4, 0.5) is 0 Å². The van der Waals surface area contributed by atoms with E-state index in [9.17, 15) is 9.59 Å². The Labute approximate surface area is 133 Å². The van der Waals surface area contributed by atoms with Crippen molar-refractivity contribution in [2.24, 2.45) is 0 Å². The molecule has 1 N–H and O–H groups in total. The number of hydrogen-bond donors (Lipinski definition) is 1. The van der Waals surface area contributed by atoms with Gasteiger partial charge < -0.3 is 10.2 Å². The van der Waals surface area contributed by atoms with Gasteiger partial charge in [0.05, 0.1) is 5.69 Å². The van der Waals surface area contributed by atoms with Gasteiger partial charge in [-0.3, -0.25) is 9.59 Å². The normalized spacial score (nSPS) is 14.3. The molecule has 1 aromatic heterocycles. The van der Waals surface area contributed by atoms with Crippen molar-refractivity contribution in [1.29, 1.82) is 0 Å². The molecule has 120 valence electrons. The first-order valence-electron chi connectivity index (χ1n) is 7.63. The van der Waals surface area contributed by atoms with E-state index in [0.29, 0.717) is 25.1 Å². The SMILES string of the molecule is O=C(NCCCN1CCCC1=O)c1cccc(-n2cnnn2)c1. The molecule has 23 heavy (non-hydrogen) atoms. The van der Waals surface area contributed by atoms with E-state index in [1.807, 2.05) is 11.0 Å². The van der Waals surface area contributed by atoms with Crippen molar-refractivity contribution >= 4 is 11.8 Å². The van der Waals surface area contributed by atoms with Crippen LogP contribution >= 0.6 is 0 Å². The van der Waals surface area contributed by atoms with Crippen molar-refractivity contribution in [3.05, 3.63) is 36.2 Å². The van der Waals surface area contributed by atoms with Crippen LogP contribution in [-0.2, 0) is 4.79 Å². The topological polar surface area (TPSA) is 93.0 Å². The summed E-state index contributed by atoms with van der Waals surface area (Å²) in [5, 5.41) is 13.8. The zero-order valence-corrected chi connectivity index (χ0v) is 12.7. The number of nitrogens with one attached hydrogen (secondary N) is 1. The van der Waals surface area contributed by atoms with Crippen LogP contribution in [-0.4, -0.2) is 56.6 Å². The average Bonchev–Trinajstić information content (AvgIpc) is 3.23. The molecule has 0 saturated carbocycles. The summed E-state index contributed by atoms with van der Waals surface area (Å²) in [6.45, 7) is 2.07. The van der Waals surface area contributed by atoms with Gasteiger partial charge in [0.1, 0.15) is 6.33 Å². The lowest BCUT2D eigenvalue weighted by Gasteiger charge is -2.15. The fourth-order valence-corrected chi connectivity index (χ4v) is 2.58. The van der Waals surface area contributed by atoms with Crippen LogP contribution in [0.5, 0.6) is 0 Å². The number of aromatic nitrogens is 4. The third-order valence-corrected chi connectivity index (χ3v) is 3.78. The van der Waals surface area contributed by atoms with Gasteiger partial charge in [0.25, 0.3) is 5.91 Å². The van der Waals surface area contributed by atoms with Crippen LogP contribution in [0.1, 0.15) is 29.6 Å². The Bertz CT molecular complexity index is 685. The molecule has 0 spiro atoms. The Kier molecular flexibility index (Phi) is 4.60. The molecule has 2 aromatic rings. The Balaban J connectivity index is 1.50. The number of rotatable bonds is 6. The number of nitrogens with zero attached hydrogens (tertiary/aromatic N) is 5. The summed E-state index contributed by atoms with van der Waals surface area (Å²) in [5.74, 6) is 0.0677. The van der Waals surface area contributed by atoms with Gasteiger partial charge in [-0.2, -0.15) is 0 Å². The molecule has 0 unspecified atom stereocenters. The van der Waals surface area contributed by atoms with Crippen LogP contribution in [0.25, 0.3) is 5.69 Å². The van der Waals surface area contributed by atoms with Gasteiger partial charge in [-0.25, -0.2) is 4.68 Å². The molecule has 1 aliphatic rings. The third-order valence-electron chi connectivity index (χ3n) is 3.78. The Morgan fingerprint density at radius 2 is 2.26 bits per heavy atom. The van der Waals surface area contributed by atoms with Crippen LogP contribution < -0.4 is 5.32 Å². The molecular weight excluding hydrogens is 296 g/mol. The summed E-state index contributed by atoms with van der Waals surface area (Å²) in [4.78, 5) is 25.5. The molecule has 0 atom stereocenters. The first-order chi connectivity index (χ1) is 11.2. The summed E-state index contributed by atoms with van der Waals surface area (Å²) in [6, 6.07) is 7.09. The van der Waals surface area contributed by atoms with Crippen molar-refractivity contribution in [3.8, 4) is 5.69 Å². The maximum atomic E-state index is 12.2. The minimum Gasteiger partial charge on any atom is -0.352 e. The second-order valence-electron chi connectivity index (χ2n) is 5.40. The molecule has 2 heterocycles. The van der Waals surface area contributed by atoms with E-state index >= 15 is 0 Å². The Morgan fingerprint density at radius 3 is 3.00 bits per heavy atom. The van der Waals surface area contributed by atoms with E-state index in [4.69, 9.17) is 0 Å². The quantitative estimate of drug-likeness (QED) is 0.779. The van der Waals surface area contributed by atoms with E-state index < -0.39 is 0 Å². The van der Waals surface area contributed by atoms with Crippen LogP contribution in [0.3, 0.4) is 0 Å². The number of tetrazole rings is 1. The highest BCUT2D eigenvalue weighted by atomic mass is 16.2. The monoisotopic (exact) mass is 314 g/mol. The van der Waals surface area contributed by atoms with Gasteiger partial charge >= 0.3 is 0 Å². The average molecular weight is 314 g/mol. The highest BCUT2D eigenvalue weighted by Crippen LogP contribution is 2.10. The second kappa shape index (κ2) is 6.99. The summed E-state index contributed by atoms with van der Waals surface area (Å²) < 4.78 is 1.50. The van der Waals surface area contributed by atoms with Gasteiger partial charge in [-0.15, -0.1) is 5.10 Å². The molecule has 1 fully saturated rings. The van der Waals surface area contributed by atoms with E-state index in [1.54, 1.807) is 18.2 Å². The molecule has 0 bridgehead atoms. The molecule has 3 rings (SSSR count). The smallest absolute Gasteiger partial charge is 0.251 e. The van der Waals surface area contributed by atoms with E-state index in [-0.39, 0.29) is 11.8 Å². The standard InChI is InChI=1S/C15H18N6O2/c22-14-6-2-8-20(14)9-3-7-16-15(23)12-4-1-5-13(10-12)21-11-17-18-19-21/h1,4-5,10-11H,2-3,6-9H2,(H,16,23). The van der Waals surface area contributed by atoms with E-state index in [0.717, 1.165) is 25.1 Å². The third kappa shape index (κ3) is 3.71. The minimum absolute atomic E-state index is 0.146. The predicted octanol–water partition coefficient (Wildman–Crippen LogP) is 0.405. The first kappa shape index (κ1) is 15.1. The lowest BCUT2D eigenvalue weighted by molar-refractivity contribution is -0.127. The highest BCUT2D eigenvalue weighted by Gasteiger charge is 2.19. The van der Waals surface area contributed by atoms with Gasteiger partial charge in [0.2, 0.25) is 5.91 Å². The number of carbonyl (C=O) groups excluding carboxylic acids is 2. The summed E-state index contributed by atoms with van der Waals surface area (Å²) in [6.07, 6.45) is 3.82. The van der Waals surface area contributed by atoms with Crippen molar-refractivity contribution in [1.82, 2.24) is 30.4 Å². The zero-order valence-electron chi connectivity index (χ0n) is 12.7. The summed E-state index contributed by atoms with van der Waals surface area (Å²) in [5.41, 5.74) is 1.28. The molecule has 1 aliphatic heterocycles. The number of carbonyl (C=O) groups is 2. The van der Waals surface area contributed by atoms with Crippen LogP contribution in [0.15, 0.2) is 30.6 Å². The number of likely N-dealkylation sites (tertiary alicyclic amines) is 1. The van der Waals surface area contributed by atoms with Crippen molar-refractivity contribution in [3.63, 3.8) is 0 Å². The largest absolute Gasteiger partial charge is 0.352 e. The van der Waals surface area contributed by atoms with Gasteiger partial charge in [-0.05, 0) is 41.5 Å². The first-order valence-corrected chi connectivity index (χ1v) is 7.63. The molecule has 1 aromatic carbocycles. The number of amides is 2. The molecule has 8 heteroatoms. The minimum atomic E-state index is -0.146. The van der Waals surface area contributed by atoms with Crippen molar-refractivity contribution in [2.75, 3.05) is 19.6 Å². The summed E-state index contributed by atoms with van der Waals surface area (Å²) in [7, 11) is 0. The zero-order chi connectivity index (χ0) is 16.1. The van der Waals surface area contributed by atoms with Crippen LogP contribution in [0.2, 0.25) is 0 Å². The fourth-order valence-electron chi connectivity index (χ4n) is 2.58. The molecule has 1 saturated heterocycles. The van der Waals surface area contributed by atoms with Crippen LogP contribution in [0, 0.1) is 0 Å². The maximum absolute atomic E-state index is 12.2. The Hall–Kier alpha value is -2.77. The van der Waals surface area contributed by atoms with Gasteiger partial charge in [0, 0.05) is 31.6 Å². The molecular formula is C15H18N6O2. The Morgan fingerprint density at radius 1 is 1.35 bits per heavy atom. The number of benzene rings is 1. The lowest BCUT2D eigenvalue weighted by atomic mass is 10.2. The lowest BCUT2D eigenvalue weighted by Crippen LogP contribution is -2.30. The predicted molar refractivity (Wildman–Crippen MR) is 81.9 cm³/mol. The van der Waals surface area contributed by atoms with Crippen molar-refractivity contribution < 1.29 is 9.59 Å². The fraction of sp³-hybridized carbons (Fsp3) is 0.400.